The molecule has 2 N–H and O–H groups in total. The summed E-state index contributed by atoms with van der Waals surface area (Å²) in [7, 11) is 3.28. The summed E-state index contributed by atoms with van der Waals surface area (Å²) in [6.45, 7) is 2.25. The van der Waals surface area contributed by atoms with Crippen LogP contribution in [-0.4, -0.2) is 41.7 Å². The van der Waals surface area contributed by atoms with Crippen LogP contribution in [0.15, 0.2) is 23.0 Å². The number of aliphatic carboxylic acids is 1. The number of carboxylic acid groups (broad SMARTS) is 1. The number of carboxylic acids is 1. The van der Waals surface area contributed by atoms with Crippen LogP contribution in [0.5, 0.6) is 5.75 Å². The lowest BCUT2D eigenvalue weighted by molar-refractivity contribution is -0.138. The fourth-order valence-corrected chi connectivity index (χ4v) is 3.16. The first-order chi connectivity index (χ1) is 10.4. The van der Waals surface area contributed by atoms with E-state index in [4.69, 9.17) is 9.84 Å². The van der Waals surface area contributed by atoms with Gasteiger partial charge in [-0.3, -0.25) is 14.5 Å². The van der Waals surface area contributed by atoms with E-state index >= 15 is 0 Å². The predicted octanol–water partition coefficient (Wildman–Crippen LogP) is 1.94. The summed E-state index contributed by atoms with van der Waals surface area (Å²) in [6.07, 6.45) is 0. The van der Waals surface area contributed by atoms with Crippen molar-refractivity contribution in [3.63, 3.8) is 0 Å². The molecule has 0 aliphatic carbocycles. The molecule has 0 fully saturated rings. The Balaban J connectivity index is 2.42. The summed E-state index contributed by atoms with van der Waals surface area (Å²) in [5.41, 5.74) is 2.54. The third-order valence-electron chi connectivity index (χ3n) is 3.16. The van der Waals surface area contributed by atoms with E-state index in [1.807, 2.05) is 25.1 Å². The zero-order valence-electron chi connectivity index (χ0n) is 12.7. The molecular weight excluding hydrogens is 304 g/mol. The van der Waals surface area contributed by atoms with Crippen LogP contribution >= 0.6 is 11.3 Å². The van der Waals surface area contributed by atoms with Crippen molar-refractivity contribution in [1.29, 1.82) is 0 Å². The number of nitrogens with one attached hydrogen (secondary N) is 1. The first kappa shape index (κ1) is 16.3. The van der Waals surface area contributed by atoms with E-state index in [2.05, 4.69) is 4.98 Å². The first-order valence-corrected chi connectivity index (χ1v) is 7.49. The Kier molecular flexibility index (Phi) is 4.99. The molecule has 0 spiro atoms. The molecule has 0 saturated heterocycles. The SMILES string of the molecule is COc1ccc(C)cc1-c1[nH]c(=O)sc1CN(C)CC(=O)O. The lowest BCUT2D eigenvalue weighted by Gasteiger charge is -2.15. The van der Waals surface area contributed by atoms with Crippen LogP contribution in [0.25, 0.3) is 11.3 Å². The number of rotatable bonds is 6. The second kappa shape index (κ2) is 6.76. The van der Waals surface area contributed by atoms with Gasteiger partial charge in [-0.15, -0.1) is 0 Å². The molecule has 2 aromatic rings. The lowest BCUT2D eigenvalue weighted by atomic mass is 10.1. The summed E-state index contributed by atoms with van der Waals surface area (Å²) in [5, 5.41) is 8.84. The third-order valence-corrected chi connectivity index (χ3v) is 4.03. The molecule has 0 saturated carbocycles. The maximum Gasteiger partial charge on any atom is 0.317 e. The Morgan fingerprint density at radius 1 is 1.45 bits per heavy atom. The summed E-state index contributed by atoms with van der Waals surface area (Å²) < 4.78 is 5.36. The van der Waals surface area contributed by atoms with Gasteiger partial charge in [0.2, 0.25) is 0 Å². The zero-order chi connectivity index (χ0) is 16.3. The van der Waals surface area contributed by atoms with Crippen LogP contribution in [0, 0.1) is 6.92 Å². The predicted molar refractivity (Wildman–Crippen MR) is 85.6 cm³/mol. The molecule has 7 heteroatoms. The number of likely N-dealkylation sites (N-methyl/N-ethyl adjacent to an activating group) is 1. The number of nitrogens with zero attached hydrogens (tertiary/aromatic N) is 1. The number of aromatic amines is 1. The Morgan fingerprint density at radius 2 is 2.18 bits per heavy atom. The van der Waals surface area contributed by atoms with Crippen LogP contribution in [0.3, 0.4) is 0 Å². The zero-order valence-corrected chi connectivity index (χ0v) is 13.5. The molecule has 0 radical (unpaired) electrons. The minimum atomic E-state index is -0.903. The summed E-state index contributed by atoms with van der Waals surface area (Å²) in [5.74, 6) is -0.234. The highest BCUT2D eigenvalue weighted by molar-refractivity contribution is 7.09. The van der Waals surface area contributed by atoms with Crippen molar-refractivity contribution in [3.05, 3.63) is 38.3 Å². The van der Waals surface area contributed by atoms with Crippen molar-refractivity contribution in [3.8, 4) is 17.0 Å². The van der Waals surface area contributed by atoms with Crippen LogP contribution in [0.2, 0.25) is 0 Å². The minimum Gasteiger partial charge on any atom is -0.496 e. The molecule has 22 heavy (non-hydrogen) atoms. The fraction of sp³-hybridized carbons (Fsp3) is 0.333. The molecule has 1 aromatic heterocycles. The topological polar surface area (TPSA) is 82.6 Å². The normalized spacial score (nSPS) is 10.9. The first-order valence-electron chi connectivity index (χ1n) is 6.68. The average molecular weight is 322 g/mol. The number of hydrogen-bond donors (Lipinski definition) is 2. The van der Waals surface area contributed by atoms with E-state index < -0.39 is 5.97 Å². The second-order valence-electron chi connectivity index (χ2n) is 5.08. The summed E-state index contributed by atoms with van der Waals surface area (Å²) >= 11 is 1.09. The number of aryl methyl sites for hydroxylation is 1. The van der Waals surface area contributed by atoms with E-state index in [1.165, 1.54) is 0 Å². The van der Waals surface area contributed by atoms with Crippen LogP contribution in [0.4, 0.5) is 0 Å². The molecule has 0 aliphatic heterocycles. The highest BCUT2D eigenvalue weighted by atomic mass is 32.1. The van der Waals surface area contributed by atoms with E-state index in [1.54, 1.807) is 19.1 Å². The van der Waals surface area contributed by atoms with Crippen LogP contribution in [-0.2, 0) is 11.3 Å². The van der Waals surface area contributed by atoms with E-state index in [9.17, 15) is 9.59 Å². The maximum atomic E-state index is 11.8. The Morgan fingerprint density at radius 3 is 2.82 bits per heavy atom. The smallest absolute Gasteiger partial charge is 0.317 e. The Labute approximate surface area is 132 Å². The number of hydrogen-bond acceptors (Lipinski definition) is 5. The Hall–Kier alpha value is -2.12. The number of methoxy groups -OCH3 is 1. The molecule has 0 aliphatic rings. The average Bonchev–Trinajstić information content (AvgIpc) is 2.78. The molecule has 6 nitrogen and oxygen atoms in total. The summed E-state index contributed by atoms with van der Waals surface area (Å²) in [4.78, 5) is 27.6. The van der Waals surface area contributed by atoms with Crippen LogP contribution < -0.4 is 9.61 Å². The van der Waals surface area contributed by atoms with E-state index in [-0.39, 0.29) is 11.4 Å². The number of carbonyl (C=O) groups is 1. The number of thiazole rings is 1. The van der Waals surface area contributed by atoms with Crippen molar-refractivity contribution < 1.29 is 14.6 Å². The van der Waals surface area contributed by atoms with Gasteiger partial charge in [0.05, 0.1) is 19.3 Å². The van der Waals surface area contributed by atoms with Gasteiger partial charge in [0.1, 0.15) is 5.75 Å². The lowest BCUT2D eigenvalue weighted by Crippen LogP contribution is -2.24. The minimum absolute atomic E-state index is 0.0868. The third kappa shape index (κ3) is 3.75. The molecule has 0 atom stereocenters. The van der Waals surface area contributed by atoms with Gasteiger partial charge in [0.25, 0.3) is 0 Å². The van der Waals surface area contributed by atoms with Crippen molar-refractivity contribution in [2.45, 2.75) is 13.5 Å². The van der Waals surface area contributed by atoms with Gasteiger partial charge in [-0.2, -0.15) is 0 Å². The highest BCUT2D eigenvalue weighted by Crippen LogP contribution is 2.33. The van der Waals surface area contributed by atoms with Crippen molar-refractivity contribution in [1.82, 2.24) is 9.88 Å². The van der Waals surface area contributed by atoms with Crippen molar-refractivity contribution in [2.75, 3.05) is 20.7 Å². The molecular formula is C15H18N2O4S. The largest absolute Gasteiger partial charge is 0.496 e. The van der Waals surface area contributed by atoms with Gasteiger partial charge in [0, 0.05) is 17.0 Å². The number of benzene rings is 1. The van der Waals surface area contributed by atoms with Crippen LogP contribution in [0.1, 0.15) is 10.4 Å². The van der Waals surface area contributed by atoms with Gasteiger partial charge >= 0.3 is 10.8 Å². The number of H-pyrrole nitrogens is 1. The standard InChI is InChI=1S/C15H18N2O4S/c1-9-4-5-11(21-3)10(6-9)14-12(22-15(20)16-14)7-17(2)8-13(18)19/h4-6H,7-8H2,1-3H3,(H,16,20)(H,18,19). The van der Waals surface area contributed by atoms with Gasteiger partial charge in [0.15, 0.2) is 0 Å². The second-order valence-corrected chi connectivity index (χ2v) is 6.15. The van der Waals surface area contributed by atoms with Crippen molar-refractivity contribution >= 4 is 17.3 Å². The molecule has 0 bridgehead atoms. The molecule has 0 unspecified atom stereocenters. The quantitative estimate of drug-likeness (QED) is 0.849. The maximum absolute atomic E-state index is 11.8. The number of ether oxygens (including phenoxy) is 1. The number of aromatic nitrogens is 1. The molecule has 1 heterocycles. The molecule has 118 valence electrons. The fourth-order valence-electron chi connectivity index (χ4n) is 2.24. The summed E-state index contributed by atoms with van der Waals surface area (Å²) in [6, 6.07) is 5.73. The van der Waals surface area contributed by atoms with E-state index in [0.717, 1.165) is 27.3 Å². The molecule has 0 amide bonds. The van der Waals surface area contributed by atoms with Crippen molar-refractivity contribution in [2.24, 2.45) is 0 Å². The highest BCUT2D eigenvalue weighted by Gasteiger charge is 2.17. The molecule has 1 aromatic carbocycles. The monoisotopic (exact) mass is 322 g/mol. The van der Waals surface area contributed by atoms with Gasteiger partial charge < -0.3 is 14.8 Å². The van der Waals surface area contributed by atoms with Gasteiger partial charge in [-0.1, -0.05) is 23.0 Å². The van der Waals surface area contributed by atoms with E-state index in [0.29, 0.717) is 18.0 Å². The molecule has 2 rings (SSSR count). The van der Waals surface area contributed by atoms with Gasteiger partial charge in [-0.25, -0.2) is 0 Å². The Bertz CT molecular complexity index is 735. The van der Waals surface area contributed by atoms with Gasteiger partial charge in [-0.05, 0) is 26.1 Å².